The Bertz CT molecular complexity index is 1310. The van der Waals surface area contributed by atoms with Crippen LogP contribution < -0.4 is 4.74 Å². The van der Waals surface area contributed by atoms with Gasteiger partial charge in [0, 0.05) is 16.7 Å². The van der Waals surface area contributed by atoms with E-state index < -0.39 is 10.1 Å². The van der Waals surface area contributed by atoms with E-state index in [0.29, 0.717) is 5.75 Å². The van der Waals surface area contributed by atoms with Crippen molar-refractivity contribution in [1.29, 1.82) is 0 Å². The van der Waals surface area contributed by atoms with Gasteiger partial charge in [-0.3, -0.25) is 4.55 Å². The van der Waals surface area contributed by atoms with Crippen LogP contribution in [-0.2, 0) is 16.5 Å². The van der Waals surface area contributed by atoms with Gasteiger partial charge < -0.3 is 4.74 Å². The zero-order valence-corrected chi connectivity index (χ0v) is 20.1. The molecular formula is C29H28O4S. The summed E-state index contributed by atoms with van der Waals surface area (Å²) in [4.78, 5) is 0. The monoisotopic (exact) mass is 472 g/mol. The molecule has 0 atom stereocenters. The summed E-state index contributed by atoms with van der Waals surface area (Å²) in [5.74, 6) is 13.1. The number of hydrogen-bond acceptors (Lipinski definition) is 3. The summed E-state index contributed by atoms with van der Waals surface area (Å²) in [5, 5.41) is 0. The zero-order valence-electron chi connectivity index (χ0n) is 19.3. The molecule has 0 saturated heterocycles. The van der Waals surface area contributed by atoms with Gasteiger partial charge in [0.25, 0.3) is 10.1 Å². The first-order valence-electron chi connectivity index (χ1n) is 11.3. The zero-order chi connectivity index (χ0) is 24.2. The van der Waals surface area contributed by atoms with Gasteiger partial charge in [0.05, 0.1) is 17.9 Å². The van der Waals surface area contributed by atoms with Crippen LogP contribution in [0.2, 0.25) is 0 Å². The van der Waals surface area contributed by atoms with E-state index in [-0.39, 0.29) is 18.8 Å². The maximum absolute atomic E-state index is 11.0. The molecule has 0 radical (unpaired) electrons. The Morgan fingerprint density at radius 2 is 1.38 bits per heavy atom. The topological polar surface area (TPSA) is 63.6 Å². The smallest absolute Gasteiger partial charge is 0.264 e. The Hall–Kier alpha value is -3.51. The van der Waals surface area contributed by atoms with E-state index in [9.17, 15) is 8.42 Å². The van der Waals surface area contributed by atoms with Crippen LogP contribution in [-0.4, -0.2) is 25.3 Å². The number of aryl methyl sites for hydroxylation is 1. The lowest BCUT2D eigenvalue weighted by Crippen LogP contribution is -2.09. The first-order chi connectivity index (χ1) is 16.4. The molecule has 0 aliphatic carbocycles. The van der Waals surface area contributed by atoms with Gasteiger partial charge in [-0.15, -0.1) is 0 Å². The number of rotatable bonds is 8. The molecule has 1 N–H and O–H groups in total. The molecule has 3 aromatic carbocycles. The molecule has 0 spiro atoms. The van der Waals surface area contributed by atoms with Gasteiger partial charge in [-0.1, -0.05) is 73.4 Å². The summed E-state index contributed by atoms with van der Waals surface area (Å²) < 4.78 is 37.0. The predicted molar refractivity (Wildman–Crippen MR) is 136 cm³/mol. The van der Waals surface area contributed by atoms with Gasteiger partial charge in [-0.2, -0.15) is 8.42 Å². The third-order valence-corrected chi connectivity index (χ3v) is 5.84. The minimum absolute atomic E-state index is 0.139. The van der Waals surface area contributed by atoms with Crippen LogP contribution >= 0.6 is 0 Å². The summed E-state index contributed by atoms with van der Waals surface area (Å²) in [6.45, 7) is 2.29. The van der Waals surface area contributed by atoms with E-state index in [1.807, 2.05) is 72.8 Å². The van der Waals surface area contributed by atoms with E-state index in [1.165, 1.54) is 0 Å². The van der Waals surface area contributed by atoms with Gasteiger partial charge in [0.1, 0.15) is 5.75 Å². The highest BCUT2D eigenvalue weighted by atomic mass is 32.2. The summed E-state index contributed by atoms with van der Waals surface area (Å²) in [6.07, 6.45) is 3.13. The molecule has 4 nitrogen and oxygen atoms in total. The summed E-state index contributed by atoms with van der Waals surface area (Å²) >= 11 is 0. The van der Waals surface area contributed by atoms with Gasteiger partial charge in [0.15, 0.2) is 0 Å². The fourth-order valence-corrected chi connectivity index (χ4v) is 3.76. The fourth-order valence-electron chi connectivity index (χ4n) is 3.28. The van der Waals surface area contributed by atoms with Crippen molar-refractivity contribution >= 4 is 10.1 Å². The Morgan fingerprint density at radius 1 is 0.794 bits per heavy atom. The lowest BCUT2D eigenvalue weighted by Gasteiger charge is -2.12. The standard InChI is InChI=1S/C29H28O4S/c1-2-3-15-26-22-28(19-17-25-13-8-5-9-14-25)29(33-20-10-21-34(30,31)32)23-27(26)18-16-24-11-6-4-7-12-24/h4-9,11-14,22-23H,2-3,10,15,20-21H2,1H3,(H,30,31,32). The molecule has 5 heteroatoms. The molecule has 174 valence electrons. The van der Waals surface area contributed by atoms with Crippen molar-refractivity contribution in [2.24, 2.45) is 0 Å². The van der Waals surface area contributed by atoms with Gasteiger partial charge in [0.2, 0.25) is 0 Å². The molecule has 0 saturated carbocycles. The Kier molecular flexibility index (Phi) is 9.35. The van der Waals surface area contributed by atoms with E-state index in [0.717, 1.165) is 47.1 Å². The Morgan fingerprint density at radius 3 is 1.94 bits per heavy atom. The fraction of sp³-hybridized carbons (Fsp3) is 0.241. The SMILES string of the molecule is CCCCc1cc(C#Cc2ccccc2)c(OCCCS(=O)(=O)O)cc1C#Cc1ccccc1. The molecule has 0 heterocycles. The minimum atomic E-state index is -4.03. The Labute approximate surface area is 202 Å². The molecular weight excluding hydrogens is 444 g/mol. The highest BCUT2D eigenvalue weighted by Crippen LogP contribution is 2.25. The molecule has 0 bridgehead atoms. The van der Waals surface area contributed by atoms with Crippen LogP contribution in [0.4, 0.5) is 0 Å². The normalized spacial score (nSPS) is 10.5. The van der Waals surface area contributed by atoms with Gasteiger partial charge in [-0.25, -0.2) is 0 Å². The molecule has 3 aromatic rings. The van der Waals surface area contributed by atoms with Crippen LogP contribution in [0.5, 0.6) is 5.75 Å². The molecule has 0 amide bonds. The van der Waals surface area contributed by atoms with Crippen molar-refractivity contribution in [2.75, 3.05) is 12.4 Å². The second kappa shape index (κ2) is 12.7. The number of ether oxygens (including phenoxy) is 1. The number of hydrogen-bond donors (Lipinski definition) is 1. The van der Waals surface area contributed by atoms with E-state index in [1.54, 1.807) is 0 Å². The lowest BCUT2D eigenvalue weighted by atomic mass is 9.98. The van der Waals surface area contributed by atoms with Gasteiger partial charge in [-0.05, 0) is 61.2 Å². The quantitative estimate of drug-likeness (QED) is 0.268. The summed E-state index contributed by atoms with van der Waals surface area (Å²) in [7, 11) is -4.03. The molecule has 0 aromatic heterocycles. The van der Waals surface area contributed by atoms with Crippen molar-refractivity contribution in [3.05, 3.63) is 101 Å². The second-order valence-corrected chi connectivity index (χ2v) is 9.40. The van der Waals surface area contributed by atoms with Crippen molar-refractivity contribution in [1.82, 2.24) is 0 Å². The van der Waals surface area contributed by atoms with Crippen LogP contribution in [0.15, 0.2) is 72.8 Å². The van der Waals surface area contributed by atoms with Crippen LogP contribution in [0.3, 0.4) is 0 Å². The first kappa shape index (κ1) is 25.1. The molecule has 0 fully saturated rings. The van der Waals surface area contributed by atoms with Crippen LogP contribution in [0.1, 0.15) is 54.0 Å². The number of benzene rings is 3. The highest BCUT2D eigenvalue weighted by molar-refractivity contribution is 7.85. The first-order valence-corrected chi connectivity index (χ1v) is 12.9. The average Bonchev–Trinajstić information content (AvgIpc) is 2.84. The molecule has 34 heavy (non-hydrogen) atoms. The maximum atomic E-state index is 11.0. The van der Waals surface area contributed by atoms with Gasteiger partial charge >= 0.3 is 0 Å². The van der Waals surface area contributed by atoms with Crippen molar-refractivity contribution in [2.45, 2.75) is 32.6 Å². The summed E-state index contributed by atoms with van der Waals surface area (Å²) in [6, 6.07) is 23.4. The molecule has 0 aliphatic rings. The van der Waals surface area contributed by atoms with Crippen LogP contribution in [0, 0.1) is 23.7 Å². The van der Waals surface area contributed by atoms with E-state index in [2.05, 4.69) is 30.6 Å². The van der Waals surface area contributed by atoms with Crippen molar-refractivity contribution in [3.8, 4) is 29.4 Å². The third-order valence-electron chi connectivity index (χ3n) is 5.04. The maximum Gasteiger partial charge on any atom is 0.264 e. The van der Waals surface area contributed by atoms with Crippen molar-refractivity contribution in [3.63, 3.8) is 0 Å². The largest absolute Gasteiger partial charge is 0.492 e. The lowest BCUT2D eigenvalue weighted by molar-refractivity contribution is 0.315. The number of unbranched alkanes of at least 4 members (excludes halogenated alkanes) is 1. The van der Waals surface area contributed by atoms with Crippen LogP contribution in [0.25, 0.3) is 0 Å². The second-order valence-electron chi connectivity index (χ2n) is 7.83. The Balaban J connectivity index is 1.99. The molecule has 0 unspecified atom stereocenters. The average molecular weight is 473 g/mol. The predicted octanol–water partition coefficient (Wildman–Crippen LogP) is 5.49. The molecule has 3 rings (SSSR count). The van der Waals surface area contributed by atoms with Crippen molar-refractivity contribution < 1.29 is 17.7 Å². The highest BCUT2D eigenvalue weighted by Gasteiger charge is 2.11. The molecule has 0 aliphatic heterocycles. The van der Waals surface area contributed by atoms with E-state index in [4.69, 9.17) is 9.29 Å². The summed E-state index contributed by atoms with van der Waals surface area (Å²) in [5.41, 5.74) is 4.52. The minimum Gasteiger partial charge on any atom is -0.492 e. The third kappa shape index (κ3) is 8.45. The van der Waals surface area contributed by atoms with E-state index >= 15 is 0 Å².